The molecule has 4 nitrogen and oxygen atoms in total. The third kappa shape index (κ3) is 3.78. The first-order valence-corrected chi connectivity index (χ1v) is 8.34. The Balaban J connectivity index is 1.90. The molecule has 1 aliphatic rings. The molecule has 0 spiro atoms. The summed E-state index contributed by atoms with van der Waals surface area (Å²) < 4.78 is 27.4. The van der Waals surface area contributed by atoms with Crippen molar-refractivity contribution in [2.75, 3.05) is 13.1 Å². The average Bonchev–Trinajstić information content (AvgIpc) is 2.82. The monoisotopic (exact) mass is 332 g/mol. The predicted molar refractivity (Wildman–Crippen MR) is 75.0 cm³/mol. The first-order chi connectivity index (χ1) is 8.58. The second-order valence-electron chi connectivity index (χ2n) is 4.44. The van der Waals surface area contributed by atoms with Gasteiger partial charge in [-0.25, -0.2) is 13.1 Å². The number of halogens is 1. The molecule has 6 heteroatoms. The summed E-state index contributed by atoms with van der Waals surface area (Å²) in [4.78, 5) is 0.302. The number of benzene rings is 1. The summed E-state index contributed by atoms with van der Waals surface area (Å²) in [6.07, 6.45) is 3.16. The van der Waals surface area contributed by atoms with Gasteiger partial charge in [0.1, 0.15) is 0 Å². The van der Waals surface area contributed by atoms with E-state index < -0.39 is 10.0 Å². The van der Waals surface area contributed by atoms with Gasteiger partial charge in [0.25, 0.3) is 0 Å². The Bertz CT molecular complexity index is 499. The lowest BCUT2D eigenvalue weighted by molar-refractivity contribution is 0.539. The molecule has 0 amide bonds. The van der Waals surface area contributed by atoms with Gasteiger partial charge in [0.2, 0.25) is 10.0 Å². The molecule has 2 rings (SSSR count). The molecule has 1 aromatic rings. The standard InChI is InChI=1S/C12H17BrN2O2S/c13-10-3-1-5-12(9-10)18(16,17)15-8-6-11-4-2-7-14-11/h1,3,5,9,11,14-15H,2,4,6-8H2/t11-/m1/s1. The third-order valence-corrected chi connectivity index (χ3v) is 5.01. The Morgan fingerprint density at radius 2 is 2.28 bits per heavy atom. The van der Waals surface area contributed by atoms with Gasteiger partial charge in [0, 0.05) is 17.1 Å². The summed E-state index contributed by atoms with van der Waals surface area (Å²) in [5.41, 5.74) is 0. The van der Waals surface area contributed by atoms with Gasteiger partial charge in [-0.3, -0.25) is 0 Å². The molecule has 0 saturated carbocycles. The molecule has 0 bridgehead atoms. The van der Waals surface area contributed by atoms with Gasteiger partial charge in [-0.15, -0.1) is 0 Å². The summed E-state index contributed by atoms with van der Waals surface area (Å²) in [7, 11) is -3.38. The summed E-state index contributed by atoms with van der Waals surface area (Å²) in [6.45, 7) is 1.52. The van der Waals surface area contributed by atoms with Crippen molar-refractivity contribution in [1.82, 2.24) is 10.0 Å². The zero-order valence-corrected chi connectivity index (χ0v) is 12.4. The van der Waals surface area contributed by atoms with Gasteiger partial charge in [0.15, 0.2) is 0 Å². The van der Waals surface area contributed by atoms with Gasteiger partial charge in [-0.05, 0) is 44.0 Å². The number of nitrogens with one attached hydrogen (secondary N) is 2. The Labute approximate surface area is 116 Å². The van der Waals surface area contributed by atoms with Gasteiger partial charge >= 0.3 is 0 Å². The molecule has 1 saturated heterocycles. The number of hydrogen-bond donors (Lipinski definition) is 2. The smallest absolute Gasteiger partial charge is 0.240 e. The summed E-state index contributed by atoms with van der Waals surface area (Å²) >= 11 is 3.27. The van der Waals surface area contributed by atoms with Crippen LogP contribution in [0, 0.1) is 0 Å². The predicted octanol–water partition coefficient (Wildman–Crippen LogP) is 1.87. The van der Waals surface area contributed by atoms with Crippen LogP contribution in [0.4, 0.5) is 0 Å². The minimum Gasteiger partial charge on any atom is -0.314 e. The average molecular weight is 333 g/mol. The molecule has 1 atom stereocenters. The van der Waals surface area contributed by atoms with E-state index in [0.717, 1.165) is 23.9 Å². The van der Waals surface area contributed by atoms with E-state index in [0.29, 0.717) is 17.5 Å². The minimum atomic E-state index is -3.38. The second-order valence-corrected chi connectivity index (χ2v) is 7.12. The van der Waals surface area contributed by atoms with Crippen molar-refractivity contribution in [2.24, 2.45) is 0 Å². The molecule has 1 fully saturated rings. The molecule has 0 radical (unpaired) electrons. The minimum absolute atomic E-state index is 0.302. The number of rotatable bonds is 5. The quantitative estimate of drug-likeness (QED) is 0.865. The first-order valence-electron chi connectivity index (χ1n) is 6.06. The van der Waals surface area contributed by atoms with Crippen LogP contribution in [-0.4, -0.2) is 27.5 Å². The number of sulfonamides is 1. The maximum Gasteiger partial charge on any atom is 0.240 e. The Morgan fingerprint density at radius 3 is 2.94 bits per heavy atom. The third-order valence-electron chi connectivity index (χ3n) is 3.05. The fourth-order valence-electron chi connectivity index (χ4n) is 2.09. The Hall–Kier alpha value is -0.430. The fraction of sp³-hybridized carbons (Fsp3) is 0.500. The molecule has 100 valence electrons. The van der Waals surface area contributed by atoms with Crippen LogP contribution in [0.1, 0.15) is 19.3 Å². The summed E-state index contributed by atoms with van der Waals surface area (Å²) in [5.74, 6) is 0. The van der Waals surface area contributed by atoms with Crippen molar-refractivity contribution in [2.45, 2.75) is 30.2 Å². The van der Waals surface area contributed by atoms with Crippen LogP contribution in [0.25, 0.3) is 0 Å². The van der Waals surface area contributed by atoms with Crippen LogP contribution in [0.15, 0.2) is 33.6 Å². The zero-order chi connectivity index (χ0) is 13.0. The molecule has 1 aromatic carbocycles. The molecule has 0 aromatic heterocycles. The lowest BCUT2D eigenvalue weighted by Gasteiger charge is -2.11. The van der Waals surface area contributed by atoms with Crippen molar-refractivity contribution in [1.29, 1.82) is 0 Å². The molecule has 0 unspecified atom stereocenters. The number of hydrogen-bond acceptors (Lipinski definition) is 3. The normalized spacial score (nSPS) is 20.2. The molecule has 2 N–H and O–H groups in total. The lowest BCUT2D eigenvalue weighted by Crippen LogP contribution is -2.30. The van der Waals surface area contributed by atoms with Crippen molar-refractivity contribution in [3.05, 3.63) is 28.7 Å². The van der Waals surface area contributed by atoms with Crippen molar-refractivity contribution >= 4 is 26.0 Å². The SMILES string of the molecule is O=S(=O)(NCC[C@H]1CCCN1)c1cccc(Br)c1. The first kappa shape index (κ1) is 14.0. The lowest BCUT2D eigenvalue weighted by atomic mass is 10.2. The van der Waals surface area contributed by atoms with Crippen LogP contribution >= 0.6 is 15.9 Å². The van der Waals surface area contributed by atoms with Crippen molar-refractivity contribution in [3.63, 3.8) is 0 Å². The molecular formula is C12H17BrN2O2S. The van der Waals surface area contributed by atoms with Crippen LogP contribution in [0.3, 0.4) is 0 Å². The summed E-state index contributed by atoms with van der Waals surface area (Å²) in [6, 6.07) is 7.19. The van der Waals surface area contributed by atoms with Gasteiger partial charge < -0.3 is 5.32 Å². The highest BCUT2D eigenvalue weighted by molar-refractivity contribution is 9.10. The van der Waals surface area contributed by atoms with E-state index in [1.54, 1.807) is 18.2 Å². The van der Waals surface area contributed by atoms with Crippen molar-refractivity contribution in [3.8, 4) is 0 Å². The van der Waals surface area contributed by atoms with Crippen molar-refractivity contribution < 1.29 is 8.42 Å². The van der Waals surface area contributed by atoms with Gasteiger partial charge in [-0.1, -0.05) is 22.0 Å². The fourth-order valence-corrected chi connectivity index (χ4v) is 3.73. The van der Waals surface area contributed by atoms with E-state index in [1.165, 1.54) is 6.42 Å². The van der Waals surface area contributed by atoms with Crippen LogP contribution in [0.2, 0.25) is 0 Å². The molecule has 1 heterocycles. The van der Waals surface area contributed by atoms with Crippen LogP contribution in [-0.2, 0) is 10.0 Å². The summed E-state index contributed by atoms with van der Waals surface area (Å²) in [5, 5.41) is 3.35. The van der Waals surface area contributed by atoms with Gasteiger partial charge in [0.05, 0.1) is 4.90 Å². The van der Waals surface area contributed by atoms with Gasteiger partial charge in [-0.2, -0.15) is 0 Å². The zero-order valence-electron chi connectivity index (χ0n) is 10.0. The highest BCUT2D eigenvalue weighted by atomic mass is 79.9. The topological polar surface area (TPSA) is 58.2 Å². The largest absolute Gasteiger partial charge is 0.314 e. The maximum absolute atomic E-state index is 12.0. The maximum atomic E-state index is 12.0. The Morgan fingerprint density at radius 1 is 1.44 bits per heavy atom. The molecule has 0 aliphatic carbocycles. The molecule has 1 aliphatic heterocycles. The molecule has 18 heavy (non-hydrogen) atoms. The van der Waals surface area contributed by atoms with E-state index in [2.05, 4.69) is 26.0 Å². The Kier molecular flexibility index (Phi) is 4.77. The van der Waals surface area contributed by atoms with E-state index in [-0.39, 0.29) is 0 Å². The van der Waals surface area contributed by atoms with Crippen LogP contribution < -0.4 is 10.0 Å². The van der Waals surface area contributed by atoms with E-state index in [9.17, 15) is 8.42 Å². The van der Waals surface area contributed by atoms with E-state index in [1.807, 2.05) is 6.07 Å². The van der Waals surface area contributed by atoms with E-state index >= 15 is 0 Å². The highest BCUT2D eigenvalue weighted by Gasteiger charge is 2.17. The second kappa shape index (κ2) is 6.14. The van der Waals surface area contributed by atoms with Crippen LogP contribution in [0.5, 0.6) is 0 Å². The highest BCUT2D eigenvalue weighted by Crippen LogP contribution is 2.16. The molecular weight excluding hydrogens is 316 g/mol. The van der Waals surface area contributed by atoms with E-state index in [4.69, 9.17) is 0 Å².